The highest BCUT2D eigenvalue weighted by molar-refractivity contribution is 7.18. The van der Waals surface area contributed by atoms with Crippen LogP contribution in [0.2, 0.25) is 0 Å². The molecule has 23 heavy (non-hydrogen) atoms. The number of carbonyl (C=O) groups is 1. The predicted molar refractivity (Wildman–Crippen MR) is 86.6 cm³/mol. The average Bonchev–Trinajstić information content (AvgIpc) is 3.11. The Balaban J connectivity index is 1.63. The van der Waals surface area contributed by atoms with Gasteiger partial charge in [-0.25, -0.2) is 9.97 Å². The van der Waals surface area contributed by atoms with E-state index in [1.54, 1.807) is 11.3 Å². The number of rotatable bonds is 3. The van der Waals surface area contributed by atoms with E-state index in [0.29, 0.717) is 11.2 Å². The van der Waals surface area contributed by atoms with Crippen molar-refractivity contribution in [2.75, 3.05) is 5.32 Å². The Morgan fingerprint density at radius 1 is 1.30 bits per heavy atom. The van der Waals surface area contributed by atoms with Crippen LogP contribution in [-0.2, 0) is 24.2 Å². The molecule has 1 amide bonds. The zero-order chi connectivity index (χ0) is 15.8. The minimum absolute atomic E-state index is 0.0943. The van der Waals surface area contributed by atoms with Crippen LogP contribution in [0.1, 0.15) is 16.9 Å². The number of nitrogens with zero attached hydrogens (tertiary/aromatic N) is 4. The van der Waals surface area contributed by atoms with Gasteiger partial charge < -0.3 is 5.32 Å². The SMILES string of the molecule is O=C(Cn1cnc2sc3c(c2c1=O)CCC3)Nc1cnccn1. The molecule has 0 atom stereocenters. The number of amides is 1. The number of aryl methyl sites for hydroxylation is 2. The van der Waals surface area contributed by atoms with Crippen LogP contribution >= 0.6 is 11.3 Å². The summed E-state index contributed by atoms with van der Waals surface area (Å²) < 4.78 is 1.35. The van der Waals surface area contributed by atoms with E-state index in [-0.39, 0.29) is 18.0 Å². The maximum Gasteiger partial charge on any atom is 0.262 e. The minimum Gasteiger partial charge on any atom is -0.308 e. The summed E-state index contributed by atoms with van der Waals surface area (Å²) in [6.07, 6.45) is 8.92. The Morgan fingerprint density at radius 3 is 3.04 bits per heavy atom. The van der Waals surface area contributed by atoms with Gasteiger partial charge in [0.05, 0.1) is 17.9 Å². The van der Waals surface area contributed by atoms with Crippen molar-refractivity contribution in [3.63, 3.8) is 0 Å². The summed E-state index contributed by atoms with van der Waals surface area (Å²) in [5.74, 6) is 0.0247. The second-order valence-corrected chi connectivity index (χ2v) is 6.44. The number of hydrogen-bond acceptors (Lipinski definition) is 6. The number of nitrogens with one attached hydrogen (secondary N) is 1. The van der Waals surface area contributed by atoms with Crippen molar-refractivity contribution in [2.24, 2.45) is 0 Å². The molecular formula is C15H13N5O2S. The van der Waals surface area contributed by atoms with Gasteiger partial charge in [0.25, 0.3) is 5.56 Å². The van der Waals surface area contributed by atoms with Crippen molar-refractivity contribution in [3.8, 4) is 0 Å². The van der Waals surface area contributed by atoms with E-state index >= 15 is 0 Å². The lowest BCUT2D eigenvalue weighted by Gasteiger charge is -2.06. The van der Waals surface area contributed by atoms with Gasteiger partial charge in [-0.15, -0.1) is 11.3 Å². The molecule has 0 aromatic carbocycles. The monoisotopic (exact) mass is 327 g/mol. The largest absolute Gasteiger partial charge is 0.308 e. The van der Waals surface area contributed by atoms with Crippen molar-refractivity contribution in [3.05, 3.63) is 45.7 Å². The zero-order valence-electron chi connectivity index (χ0n) is 12.2. The highest BCUT2D eigenvalue weighted by atomic mass is 32.1. The van der Waals surface area contributed by atoms with Crippen LogP contribution in [0, 0.1) is 0 Å². The maximum absolute atomic E-state index is 12.7. The molecule has 0 aliphatic heterocycles. The predicted octanol–water partition coefficient (Wildman–Crippen LogP) is 1.38. The fraction of sp³-hybridized carbons (Fsp3) is 0.267. The van der Waals surface area contributed by atoms with E-state index in [0.717, 1.165) is 29.7 Å². The van der Waals surface area contributed by atoms with Crippen LogP contribution < -0.4 is 10.9 Å². The van der Waals surface area contributed by atoms with Crippen molar-refractivity contribution < 1.29 is 4.79 Å². The number of carbonyl (C=O) groups excluding carboxylic acids is 1. The van der Waals surface area contributed by atoms with E-state index in [9.17, 15) is 9.59 Å². The normalized spacial score (nSPS) is 13.2. The molecule has 3 heterocycles. The minimum atomic E-state index is -0.333. The lowest BCUT2D eigenvalue weighted by Crippen LogP contribution is -2.28. The van der Waals surface area contributed by atoms with Gasteiger partial charge in [0.1, 0.15) is 11.4 Å². The molecule has 0 unspecified atom stereocenters. The molecule has 0 radical (unpaired) electrons. The van der Waals surface area contributed by atoms with Gasteiger partial charge in [-0.2, -0.15) is 0 Å². The third kappa shape index (κ3) is 2.50. The van der Waals surface area contributed by atoms with Crippen LogP contribution in [0.15, 0.2) is 29.7 Å². The van der Waals surface area contributed by atoms with Crippen LogP contribution in [0.5, 0.6) is 0 Å². The van der Waals surface area contributed by atoms with Gasteiger partial charge in [-0.3, -0.25) is 19.1 Å². The van der Waals surface area contributed by atoms with E-state index in [4.69, 9.17) is 0 Å². The first kappa shape index (κ1) is 14.0. The summed E-state index contributed by atoms with van der Waals surface area (Å²) in [6, 6.07) is 0. The molecular weight excluding hydrogens is 314 g/mol. The molecule has 0 saturated heterocycles. The van der Waals surface area contributed by atoms with Gasteiger partial charge in [-0.05, 0) is 24.8 Å². The number of hydrogen-bond donors (Lipinski definition) is 1. The number of thiophene rings is 1. The number of anilines is 1. The standard InChI is InChI=1S/C15H13N5O2S/c21-12(19-11-6-16-4-5-17-11)7-20-8-18-14-13(15(20)22)9-2-1-3-10(9)23-14/h4-6,8H,1-3,7H2,(H,17,19,21). The molecule has 0 bridgehead atoms. The summed E-state index contributed by atoms with van der Waals surface area (Å²) in [4.78, 5) is 39.0. The summed E-state index contributed by atoms with van der Waals surface area (Å²) in [5.41, 5.74) is 0.967. The Labute approximate surface area is 135 Å². The third-order valence-corrected chi connectivity index (χ3v) is 5.04. The molecule has 1 aliphatic carbocycles. The molecule has 1 N–H and O–H groups in total. The average molecular weight is 327 g/mol. The molecule has 0 saturated carbocycles. The number of aromatic nitrogens is 4. The smallest absolute Gasteiger partial charge is 0.262 e. The Morgan fingerprint density at radius 2 is 2.22 bits per heavy atom. The molecule has 4 rings (SSSR count). The highest BCUT2D eigenvalue weighted by Crippen LogP contribution is 2.34. The number of fused-ring (bicyclic) bond motifs is 3. The molecule has 7 nitrogen and oxygen atoms in total. The Hall–Kier alpha value is -2.61. The zero-order valence-corrected chi connectivity index (χ0v) is 13.0. The van der Waals surface area contributed by atoms with Crippen molar-refractivity contribution >= 4 is 33.3 Å². The highest BCUT2D eigenvalue weighted by Gasteiger charge is 2.21. The van der Waals surface area contributed by atoms with Crippen LogP contribution in [0.4, 0.5) is 5.82 Å². The van der Waals surface area contributed by atoms with Gasteiger partial charge in [0.15, 0.2) is 5.82 Å². The van der Waals surface area contributed by atoms with Gasteiger partial charge in [0.2, 0.25) is 5.91 Å². The first-order valence-corrected chi connectivity index (χ1v) is 8.09. The summed E-state index contributed by atoms with van der Waals surface area (Å²) in [5, 5.41) is 3.29. The van der Waals surface area contributed by atoms with Gasteiger partial charge in [-0.1, -0.05) is 0 Å². The van der Waals surface area contributed by atoms with E-state index < -0.39 is 0 Å². The van der Waals surface area contributed by atoms with Crippen LogP contribution in [-0.4, -0.2) is 25.4 Å². The molecule has 116 valence electrons. The molecule has 3 aromatic rings. The van der Waals surface area contributed by atoms with E-state index in [1.807, 2.05) is 0 Å². The molecule has 1 aliphatic rings. The fourth-order valence-corrected chi connectivity index (χ4v) is 4.05. The second kappa shape index (κ2) is 5.54. The summed E-state index contributed by atoms with van der Waals surface area (Å²) >= 11 is 1.59. The lowest BCUT2D eigenvalue weighted by molar-refractivity contribution is -0.116. The van der Waals surface area contributed by atoms with Crippen molar-refractivity contribution in [1.29, 1.82) is 0 Å². The maximum atomic E-state index is 12.7. The Bertz CT molecular complexity index is 948. The molecule has 0 fully saturated rings. The van der Waals surface area contributed by atoms with Gasteiger partial charge >= 0.3 is 0 Å². The van der Waals surface area contributed by atoms with Crippen LogP contribution in [0.3, 0.4) is 0 Å². The topological polar surface area (TPSA) is 89.8 Å². The van der Waals surface area contributed by atoms with Gasteiger partial charge in [0, 0.05) is 17.3 Å². The Kier molecular flexibility index (Phi) is 3.38. The quantitative estimate of drug-likeness (QED) is 0.785. The lowest BCUT2D eigenvalue weighted by atomic mass is 10.2. The first-order chi connectivity index (χ1) is 11.2. The molecule has 3 aromatic heterocycles. The van der Waals surface area contributed by atoms with Crippen molar-refractivity contribution in [1.82, 2.24) is 19.5 Å². The van der Waals surface area contributed by atoms with Crippen molar-refractivity contribution in [2.45, 2.75) is 25.8 Å². The molecule has 0 spiro atoms. The molecule has 8 heteroatoms. The van der Waals surface area contributed by atoms with E-state index in [2.05, 4.69) is 20.3 Å². The second-order valence-electron chi connectivity index (χ2n) is 5.35. The van der Waals surface area contributed by atoms with Crippen LogP contribution in [0.25, 0.3) is 10.2 Å². The summed E-state index contributed by atoms with van der Waals surface area (Å²) in [6.45, 7) is -0.0943. The fourth-order valence-electron chi connectivity index (χ4n) is 2.83. The first-order valence-electron chi connectivity index (χ1n) is 7.28. The van der Waals surface area contributed by atoms with E-state index in [1.165, 1.54) is 34.4 Å². The third-order valence-electron chi connectivity index (χ3n) is 3.84. The summed E-state index contributed by atoms with van der Waals surface area (Å²) in [7, 11) is 0.